The minimum absolute atomic E-state index is 0.00636. The van der Waals surface area contributed by atoms with Gasteiger partial charge in [-0.15, -0.1) is 0 Å². The van der Waals surface area contributed by atoms with Crippen LogP contribution in [0, 0.1) is 41.5 Å². The molecule has 0 spiro atoms. The van der Waals surface area contributed by atoms with Gasteiger partial charge in [0.05, 0.1) is 0 Å². The number of aryl methyl sites for hydroxylation is 3. The van der Waals surface area contributed by atoms with Crippen LogP contribution in [0.2, 0.25) is 0 Å². The molecule has 3 aromatic carbocycles. The SMILES string of the molecule is Cc1cc(C(C)(C)C)c(O)c(C)c1CCC(=O)OCC(COC(=O)CCc1c(C)cc(C(C)(C)C)c(O)c1C)OC(=O)CCc1c(C)cc(C(C)(C)C)c(O)c1C. The standard InChI is InChI=1S/C48H68O9/c1-27-22-37(46(7,8)9)43(52)30(4)34(27)16-19-40(49)55-25-33(57-42(51)21-18-36-29(3)24-39(48(13,14)15)45(54)32(36)6)26-56-41(50)20-17-35-28(2)23-38(47(10,11)12)44(53)31(35)5/h22-24,33,52-54H,16-21,25-26H2,1-15H3. The highest BCUT2D eigenvalue weighted by Gasteiger charge is 2.26. The maximum absolute atomic E-state index is 13.3. The highest BCUT2D eigenvalue weighted by atomic mass is 16.6. The molecule has 0 heterocycles. The Bertz CT molecular complexity index is 1870. The van der Waals surface area contributed by atoms with Crippen molar-refractivity contribution in [2.24, 2.45) is 0 Å². The van der Waals surface area contributed by atoms with E-state index in [1.165, 1.54) is 0 Å². The summed E-state index contributed by atoms with van der Waals surface area (Å²) in [6.07, 6.45) is 0.0111. The van der Waals surface area contributed by atoms with Crippen LogP contribution in [0.15, 0.2) is 18.2 Å². The van der Waals surface area contributed by atoms with Crippen LogP contribution >= 0.6 is 0 Å². The number of carbonyl (C=O) groups excluding carboxylic acids is 3. The predicted octanol–water partition coefficient (Wildman–Crippen LogP) is 9.74. The van der Waals surface area contributed by atoms with E-state index in [1.807, 2.05) is 122 Å². The zero-order chi connectivity index (χ0) is 43.4. The second-order valence-corrected chi connectivity index (χ2v) is 18.8. The number of aromatic hydroxyl groups is 3. The van der Waals surface area contributed by atoms with Crippen molar-refractivity contribution in [2.45, 2.75) is 165 Å². The Morgan fingerprint density at radius 2 is 0.754 bits per heavy atom. The molecule has 0 aliphatic carbocycles. The van der Waals surface area contributed by atoms with Gasteiger partial charge >= 0.3 is 17.9 Å². The molecule has 0 unspecified atom stereocenters. The molecular weight excluding hydrogens is 721 g/mol. The molecule has 0 aliphatic rings. The summed E-state index contributed by atoms with van der Waals surface area (Å²) >= 11 is 0. The molecule has 0 aliphatic heterocycles. The minimum Gasteiger partial charge on any atom is -0.507 e. The number of hydrogen-bond acceptors (Lipinski definition) is 9. The van der Waals surface area contributed by atoms with Gasteiger partial charge in [0.1, 0.15) is 30.5 Å². The molecule has 0 saturated heterocycles. The third-order valence-electron chi connectivity index (χ3n) is 11.0. The van der Waals surface area contributed by atoms with Crippen LogP contribution in [0.4, 0.5) is 0 Å². The Morgan fingerprint density at radius 3 is 1.02 bits per heavy atom. The van der Waals surface area contributed by atoms with Gasteiger partial charge in [-0.05, 0) is 144 Å². The van der Waals surface area contributed by atoms with Crippen LogP contribution in [0.1, 0.15) is 148 Å². The summed E-state index contributed by atoms with van der Waals surface area (Å²) in [5, 5.41) is 32.8. The van der Waals surface area contributed by atoms with Gasteiger partial charge in [-0.3, -0.25) is 14.4 Å². The van der Waals surface area contributed by atoms with Gasteiger partial charge in [0.15, 0.2) is 6.10 Å². The molecule has 57 heavy (non-hydrogen) atoms. The zero-order valence-corrected chi connectivity index (χ0v) is 37.3. The molecule has 3 N–H and O–H groups in total. The van der Waals surface area contributed by atoms with Crippen molar-refractivity contribution >= 4 is 17.9 Å². The Morgan fingerprint density at radius 1 is 0.491 bits per heavy atom. The van der Waals surface area contributed by atoms with Crippen molar-refractivity contribution < 1.29 is 43.9 Å². The van der Waals surface area contributed by atoms with E-state index in [4.69, 9.17) is 14.2 Å². The normalized spacial score (nSPS) is 12.2. The minimum atomic E-state index is -1.05. The fourth-order valence-corrected chi connectivity index (χ4v) is 7.47. The smallest absolute Gasteiger partial charge is 0.306 e. The van der Waals surface area contributed by atoms with Gasteiger partial charge in [-0.25, -0.2) is 0 Å². The average molecular weight is 789 g/mol. The largest absolute Gasteiger partial charge is 0.507 e. The number of benzene rings is 3. The van der Waals surface area contributed by atoms with E-state index in [2.05, 4.69) is 0 Å². The molecule has 0 radical (unpaired) electrons. The highest BCUT2D eigenvalue weighted by Crippen LogP contribution is 2.39. The first-order valence-corrected chi connectivity index (χ1v) is 20.1. The van der Waals surface area contributed by atoms with Gasteiger partial charge in [-0.1, -0.05) is 80.5 Å². The third-order valence-corrected chi connectivity index (χ3v) is 11.0. The van der Waals surface area contributed by atoms with Crippen LogP contribution in [0.5, 0.6) is 17.2 Å². The van der Waals surface area contributed by atoms with E-state index in [0.29, 0.717) is 24.8 Å². The maximum Gasteiger partial charge on any atom is 0.306 e. The number of ether oxygens (including phenoxy) is 3. The van der Waals surface area contributed by atoms with Crippen molar-refractivity contribution in [2.75, 3.05) is 13.2 Å². The van der Waals surface area contributed by atoms with Gasteiger partial charge in [0.25, 0.3) is 0 Å². The Hall–Kier alpha value is -4.53. The number of hydrogen-bond donors (Lipinski definition) is 3. The molecule has 0 amide bonds. The van der Waals surface area contributed by atoms with Crippen LogP contribution in [-0.4, -0.2) is 52.5 Å². The molecule has 3 aromatic rings. The summed E-state index contributed by atoms with van der Waals surface area (Å²) in [6, 6.07) is 5.88. The lowest BCUT2D eigenvalue weighted by atomic mass is 9.82. The lowest BCUT2D eigenvalue weighted by Crippen LogP contribution is -2.31. The summed E-state index contributed by atoms with van der Waals surface area (Å²) in [4.78, 5) is 39.4. The number of phenolic OH excluding ortho intramolecular Hbond substituents is 3. The summed E-state index contributed by atoms with van der Waals surface area (Å²) in [5.41, 5.74) is 9.42. The van der Waals surface area contributed by atoms with Gasteiger partial charge in [0.2, 0.25) is 0 Å². The molecule has 3 rings (SSSR count). The summed E-state index contributed by atoms with van der Waals surface area (Å²) < 4.78 is 16.9. The second-order valence-electron chi connectivity index (χ2n) is 18.8. The fraction of sp³-hybridized carbons (Fsp3) is 0.562. The first kappa shape index (κ1) is 46.8. The van der Waals surface area contributed by atoms with E-state index in [0.717, 1.165) is 61.2 Å². The molecule has 0 aromatic heterocycles. The van der Waals surface area contributed by atoms with Crippen molar-refractivity contribution in [3.63, 3.8) is 0 Å². The maximum atomic E-state index is 13.3. The summed E-state index contributed by atoms with van der Waals surface area (Å²) in [5.74, 6) is -0.951. The van der Waals surface area contributed by atoms with E-state index in [9.17, 15) is 29.7 Å². The number of esters is 3. The van der Waals surface area contributed by atoms with Crippen molar-refractivity contribution in [1.82, 2.24) is 0 Å². The molecule has 0 atom stereocenters. The third kappa shape index (κ3) is 12.0. The second kappa shape index (κ2) is 18.4. The zero-order valence-electron chi connectivity index (χ0n) is 37.3. The predicted molar refractivity (Wildman–Crippen MR) is 226 cm³/mol. The van der Waals surface area contributed by atoms with E-state index in [1.54, 1.807) is 0 Å². The molecule has 0 bridgehead atoms. The summed E-state index contributed by atoms with van der Waals surface area (Å²) in [7, 11) is 0. The van der Waals surface area contributed by atoms with Gasteiger partial charge in [0, 0.05) is 19.3 Å². The number of carbonyl (C=O) groups is 3. The van der Waals surface area contributed by atoms with Crippen molar-refractivity contribution in [3.05, 3.63) is 85.0 Å². The van der Waals surface area contributed by atoms with E-state index < -0.39 is 24.0 Å². The number of rotatable bonds is 14. The van der Waals surface area contributed by atoms with Gasteiger partial charge in [-0.2, -0.15) is 0 Å². The molecule has 9 heteroatoms. The fourth-order valence-electron chi connectivity index (χ4n) is 7.47. The number of phenols is 3. The topological polar surface area (TPSA) is 140 Å². The quantitative estimate of drug-likeness (QED) is 0.108. The Kier molecular flexibility index (Phi) is 15.1. The lowest BCUT2D eigenvalue weighted by Gasteiger charge is -2.24. The molecule has 0 fully saturated rings. The molecule has 9 nitrogen and oxygen atoms in total. The van der Waals surface area contributed by atoms with Crippen molar-refractivity contribution in [1.29, 1.82) is 0 Å². The summed E-state index contributed by atoms with van der Waals surface area (Å²) in [6.45, 7) is 29.1. The van der Waals surface area contributed by atoms with E-state index in [-0.39, 0.29) is 66.0 Å². The molecular formula is C48H68O9. The highest BCUT2D eigenvalue weighted by molar-refractivity contribution is 5.72. The van der Waals surface area contributed by atoms with Gasteiger partial charge < -0.3 is 29.5 Å². The molecule has 0 saturated carbocycles. The van der Waals surface area contributed by atoms with E-state index >= 15 is 0 Å². The first-order valence-electron chi connectivity index (χ1n) is 20.1. The lowest BCUT2D eigenvalue weighted by molar-refractivity contribution is -0.166. The average Bonchev–Trinajstić information content (AvgIpc) is 3.08. The van der Waals surface area contributed by atoms with Crippen LogP contribution in [0.25, 0.3) is 0 Å². The Labute approximate surface area is 341 Å². The van der Waals surface area contributed by atoms with Crippen molar-refractivity contribution in [3.8, 4) is 17.2 Å². The first-order chi connectivity index (χ1) is 26.1. The molecule has 314 valence electrons. The van der Waals surface area contributed by atoms with Crippen LogP contribution in [0.3, 0.4) is 0 Å². The van der Waals surface area contributed by atoms with Crippen LogP contribution in [-0.2, 0) is 64.1 Å². The Balaban J connectivity index is 1.73. The monoisotopic (exact) mass is 788 g/mol. The van der Waals surface area contributed by atoms with Crippen LogP contribution < -0.4 is 0 Å².